The van der Waals surface area contributed by atoms with Crippen molar-refractivity contribution in [3.8, 4) is 5.69 Å². The van der Waals surface area contributed by atoms with Crippen molar-refractivity contribution in [3.05, 3.63) is 47.3 Å². The Bertz CT molecular complexity index is 722. The minimum atomic E-state index is -0.865. The summed E-state index contributed by atoms with van der Waals surface area (Å²) in [5.41, 5.74) is 3.25. The fourth-order valence-corrected chi connectivity index (χ4v) is 2.41. The lowest BCUT2D eigenvalue weighted by atomic mass is 10.1. The molecule has 0 radical (unpaired) electrons. The predicted octanol–water partition coefficient (Wildman–Crippen LogP) is 2.33. The summed E-state index contributed by atoms with van der Waals surface area (Å²) in [5.74, 6) is -1.22. The van der Waals surface area contributed by atoms with Crippen molar-refractivity contribution in [2.24, 2.45) is 5.92 Å². The number of nitrogens with zero attached hydrogens (tertiary/aromatic N) is 2. The molecule has 1 amide bonds. The molecule has 1 atom stereocenters. The van der Waals surface area contributed by atoms with Gasteiger partial charge in [0.25, 0.3) is 5.91 Å². The van der Waals surface area contributed by atoms with E-state index in [4.69, 9.17) is 5.11 Å². The number of carboxylic acids is 1. The molecule has 0 aliphatic carbocycles. The van der Waals surface area contributed by atoms with Crippen LogP contribution in [0.2, 0.25) is 0 Å². The maximum Gasteiger partial charge on any atom is 0.303 e. The van der Waals surface area contributed by atoms with E-state index in [2.05, 4.69) is 10.4 Å². The number of carboxylic acid groups (broad SMARTS) is 1. The second-order valence-corrected chi connectivity index (χ2v) is 5.76. The fraction of sp³-hybridized carbons (Fsp3) is 0.353. The lowest BCUT2D eigenvalue weighted by molar-refractivity contribution is -0.137. The average molecular weight is 315 g/mol. The third-order valence-corrected chi connectivity index (χ3v) is 3.73. The van der Waals surface area contributed by atoms with E-state index in [1.54, 1.807) is 17.8 Å². The first-order chi connectivity index (χ1) is 10.9. The van der Waals surface area contributed by atoms with Crippen molar-refractivity contribution >= 4 is 11.9 Å². The Balaban J connectivity index is 2.11. The number of hydrogen-bond acceptors (Lipinski definition) is 3. The van der Waals surface area contributed by atoms with Crippen LogP contribution in [0.5, 0.6) is 0 Å². The van der Waals surface area contributed by atoms with Gasteiger partial charge in [0.15, 0.2) is 0 Å². The van der Waals surface area contributed by atoms with E-state index < -0.39 is 5.97 Å². The van der Waals surface area contributed by atoms with Crippen LogP contribution in [0.25, 0.3) is 5.69 Å². The molecule has 122 valence electrons. The SMILES string of the molecule is Cc1ccccc1-n1ncc(C(=O)NCC(C)CC(=O)O)c1C. The zero-order valence-corrected chi connectivity index (χ0v) is 13.5. The zero-order valence-electron chi connectivity index (χ0n) is 13.5. The molecule has 0 saturated carbocycles. The summed E-state index contributed by atoms with van der Waals surface area (Å²) < 4.78 is 1.74. The third kappa shape index (κ3) is 3.97. The molecule has 0 aliphatic rings. The number of hydrogen-bond donors (Lipinski definition) is 2. The van der Waals surface area contributed by atoms with Crippen molar-refractivity contribution in [1.82, 2.24) is 15.1 Å². The number of para-hydroxylation sites is 1. The molecule has 0 bridgehead atoms. The lowest BCUT2D eigenvalue weighted by Gasteiger charge is -2.11. The van der Waals surface area contributed by atoms with Gasteiger partial charge in [-0.15, -0.1) is 0 Å². The molecule has 0 spiro atoms. The Morgan fingerprint density at radius 2 is 2.00 bits per heavy atom. The highest BCUT2D eigenvalue weighted by atomic mass is 16.4. The van der Waals surface area contributed by atoms with Gasteiger partial charge in [0.2, 0.25) is 0 Å². The second-order valence-electron chi connectivity index (χ2n) is 5.76. The van der Waals surface area contributed by atoms with Crippen molar-refractivity contribution in [2.75, 3.05) is 6.54 Å². The van der Waals surface area contributed by atoms with Gasteiger partial charge in [0, 0.05) is 13.0 Å². The molecular weight excluding hydrogens is 294 g/mol. The summed E-state index contributed by atoms with van der Waals surface area (Å²) in [7, 11) is 0. The van der Waals surface area contributed by atoms with E-state index in [1.807, 2.05) is 38.1 Å². The summed E-state index contributed by atoms with van der Waals surface area (Å²) in [6.07, 6.45) is 1.57. The van der Waals surface area contributed by atoms with Crippen LogP contribution in [0.3, 0.4) is 0 Å². The highest BCUT2D eigenvalue weighted by Gasteiger charge is 2.17. The van der Waals surface area contributed by atoms with Gasteiger partial charge in [-0.25, -0.2) is 4.68 Å². The van der Waals surface area contributed by atoms with Crippen LogP contribution < -0.4 is 5.32 Å². The molecule has 1 aromatic heterocycles. The number of benzene rings is 1. The van der Waals surface area contributed by atoms with Gasteiger partial charge >= 0.3 is 5.97 Å². The molecule has 0 saturated heterocycles. The highest BCUT2D eigenvalue weighted by molar-refractivity contribution is 5.95. The quantitative estimate of drug-likeness (QED) is 0.857. The molecule has 23 heavy (non-hydrogen) atoms. The number of carbonyl (C=O) groups is 2. The normalized spacial score (nSPS) is 12.0. The molecule has 1 heterocycles. The van der Waals surface area contributed by atoms with Crippen LogP contribution in [-0.4, -0.2) is 33.3 Å². The monoisotopic (exact) mass is 315 g/mol. The smallest absolute Gasteiger partial charge is 0.303 e. The Labute approximate surface area is 135 Å². The Morgan fingerprint density at radius 3 is 2.65 bits per heavy atom. The number of carbonyl (C=O) groups excluding carboxylic acids is 1. The first-order valence-electron chi connectivity index (χ1n) is 7.50. The number of aryl methyl sites for hydroxylation is 1. The Morgan fingerprint density at radius 1 is 1.30 bits per heavy atom. The van der Waals surface area contributed by atoms with E-state index in [9.17, 15) is 9.59 Å². The van der Waals surface area contributed by atoms with E-state index in [0.29, 0.717) is 12.1 Å². The minimum Gasteiger partial charge on any atom is -0.481 e. The molecule has 1 aromatic carbocycles. The number of rotatable bonds is 6. The lowest BCUT2D eigenvalue weighted by Crippen LogP contribution is -2.29. The van der Waals surface area contributed by atoms with E-state index >= 15 is 0 Å². The average Bonchev–Trinajstić information content (AvgIpc) is 2.86. The summed E-state index contributed by atoms with van der Waals surface area (Å²) in [4.78, 5) is 22.9. The van der Waals surface area contributed by atoms with Gasteiger partial charge in [-0.05, 0) is 31.4 Å². The van der Waals surface area contributed by atoms with Crippen LogP contribution >= 0.6 is 0 Å². The van der Waals surface area contributed by atoms with Gasteiger partial charge in [-0.3, -0.25) is 9.59 Å². The Hall–Kier alpha value is -2.63. The molecule has 2 aromatic rings. The maximum atomic E-state index is 12.3. The second kappa shape index (κ2) is 7.09. The van der Waals surface area contributed by atoms with Gasteiger partial charge in [-0.2, -0.15) is 5.10 Å². The number of aromatic nitrogens is 2. The predicted molar refractivity (Wildman–Crippen MR) is 86.8 cm³/mol. The molecular formula is C17H21N3O3. The van der Waals surface area contributed by atoms with Crippen molar-refractivity contribution in [1.29, 1.82) is 0 Å². The molecule has 2 rings (SSSR count). The Kier molecular flexibility index (Phi) is 5.16. The standard InChI is InChI=1S/C17H21N3O3/c1-11(8-16(21)22)9-18-17(23)14-10-19-20(13(14)3)15-7-5-4-6-12(15)2/h4-7,10-11H,8-9H2,1-3H3,(H,18,23)(H,21,22). The zero-order chi connectivity index (χ0) is 17.0. The summed E-state index contributed by atoms with van der Waals surface area (Å²) >= 11 is 0. The van der Waals surface area contributed by atoms with Crippen LogP contribution in [-0.2, 0) is 4.79 Å². The summed E-state index contributed by atoms with van der Waals surface area (Å²) in [6.45, 7) is 5.94. The van der Waals surface area contributed by atoms with Gasteiger partial charge < -0.3 is 10.4 Å². The molecule has 6 heteroatoms. The van der Waals surface area contributed by atoms with Gasteiger partial charge in [-0.1, -0.05) is 25.1 Å². The van der Waals surface area contributed by atoms with Crippen LogP contribution in [0.4, 0.5) is 0 Å². The van der Waals surface area contributed by atoms with Crippen molar-refractivity contribution in [3.63, 3.8) is 0 Å². The minimum absolute atomic E-state index is 0.0295. The first kappa shape index (κ1) is 16.7. The van der Waals surface area contributed by atoms with Crippen LogP contribution in [0, 0.1) is 19.8 Å². The van der Waals surface area contributed by atoms with Crippen molar-refractivity contribution < 1.29 is 14.7 Å². The topological polar surface area (TPSA) is 84.2 Å². The van der Waals surface area contributed by atoms with E-state index in [-0.39, 0.29) is 18.2 Å². The molecule has 0 aliphatic heterocycles. The van der Waals surface area contributed by atoms with Crippen molar-refractivity contribution in [2.45, 2.75) is 27.2 Å². The maximum absolute atomic E-state index is 12.3. The highest BCUT2D eigenvalue weighted by Crippen LogP contribution is 2.17. The molecule has 0 fully saturated rings. The molecule has 6 nitrogen and oxygen atoms in total. The third-order valence-electron chi connectivity index (χ3n) is 3.73. The molecule has 2 N–H and O–H groups in total. The van der Waals surface area contributed by atoms with E-state index in [0.717, 1.165) is 16.9 Å². The van der Waals surface area contributed by atoms with Crippen LogP contribution in [0.1, 0.15) is 35.0 Å². The van der Waals surface area contributed by atoms with Gasteiger partial charge in [0.05, 0.1) is 23.1 Å². The number of aliphatic carboxylic acids is 1. The van der Waals surface area contributed by atoms with Crippen LogP contribution in [0.15, 0.2) is 30.5 Å². The molecule has 1 unspecified atom stereocenters. The summed E-state index contributed by atoms with van der Waals surface area (Å²) in [6, 6.07) is 7.82. The van der Waals surface area contributed by atoms with E-state index in [1.165, 1.54) is 0 Å². The number of nitrogens with one attached hydrogen (secondary N) is 1. The summed E-state index contributed by atoms with van der Waals surface area (Å²) in [5, 5.41) is 15.8. The fourth-order valence-electron chi connectivity index (χ4n) is 2.41. The first-order valence-corrected chi connectivity index (χ1v) is 7.50. The largest absolute Gasteiger partial charge is 0.481 e. The van der Waals surface area contributed by atoms with Gasteiger partial charge in [0.1, 0.15) is 0 Å². The number of amides is 1.